The summed E-state index contributed by atoms with van der Waals surface area (Å²) in [5.74, 6) is 1.97. The molecule has 4 heteroatoms. The molecule has 4 rings (SSSR count). The fourth-order valence-electron chi connectivity index (χ4n) is 6.76. The number of carbonyl (C=O) groups excluding carboxylic acids is 1. The zero-order valence-corrected chi connectivity index (χ0v) is 16.7. The minimum absolute atomic E-state index is 0.0619. The summed E-state index contributed by atoms with van der Waals surface area (Å²) in [4.78, 5) is 13.3. The highest BCUT2D eigenvalue weighted by molar-refractivity contribution is 5.77. The number of ether oxygens (including phenoxy) is 2. The molecule has 1 aliphatic heterocycles. The van der Waals surface area contributed by atoms with Gasteiger partial charge in [0.1, 0.15) is 12.2 Å². The third-order valence-electron chi connectivity index (χ3n) is 8.17. The van der Waals surface area contributed by atoms with Gasteiger partial charge in [0.05, 0.1) is 5.41 Å². The van der Waals surface area contributed by atoms with Crippen LogP contribution >= 0.6 is 0 Å². The second-order valence-electron chi connectivity index (χ2n) is 10.9. The fraction of sp³-hybridized carbons (Fsp3) is 0.952. The van der Waals surface area contributed by atoms with E-state index in [1.54, 1.807) is 0 Å². The molecule has 0 aromatic carbocycles. The maximum atomic E-state index is 13.3. The molecular formula is C21H34O4. The van der Waals surface area contributed by atoms with Gasteiger partial charge in [-0.1, -0.05) is 41.5 Å². The van der Waals surface area contributed by atoms with Crippen LogP contribution in [0.3, 0.4) is 0 Å². The Morgan fingerprint density at radius 2 is 1.96 bits per heavy atom. The third kappa shape index (κ3) is 2.10. The number of carbonyl (C=O) groups is 1. The van der Waals surface area contributed by atoms with E-state index in [4.69, 9.17) is 9.47 Å². The third-order valence-corrected chi connectivity index (χ3v) is 8.17. The largest absolute Gasteiger partial charge is 0.459 e. The Morgan fingerprint density at radius 3 is 2.52 bits per heavy atom. The van der Waals surface area contributed by atoms with Crippen LogP contribution in [0, 0.1) is 45.8 Å². The molecule has 0 amide bonds. The van der Waals surface area contributed by atoms with Crippen LogP contribution < -0.4 is 0 Å². The number of aliphatic hydroxyl groups excluding tert-OH is 1. The molecule has 0 aromatic rings. The summed E-state index contributed by atoms with van der Waals surface area (Å²) in [6.45, 7) is 15.1. The Labute approximate surface area is 151 Å². The topological polar surface area (TPSA) is 55.8 Å². The van der Waals surface area contributed by atoms with Gasteiger partial charge in [-0.2, -0.15) is 0 Å². The minimum Gasteiger partial charge on any atom is -0.459 e. The molecule has 4 nitrogen and oxygen atoms in total. The van der Waals surface area contributed by atoms with E-state index in [1.165, 1.54) is 0 Å². The van der Waals surface area contributed by atoms with Gasteiger partial charge >= 0.3 is 5.97 Å². The molecule has 25 heavy (non-hydrogen) atoms. The average molecular weight is 350 g/mol. The number of esters is 1. The molecule has 0 bridgehead atoms. The van der Waals surface area contributed by atoms with Gasteiger partial charge in [-0.25, -0.2) is 0 Å². The van der Waals surface area contributed by atoms with E-state index in [-0.39, 0.29) is 40.8 Å². The molecule has 9 atom stereocenters. The lowest BCUT2D eigenvalue weighted by atomic mass is 9.62. The first-order chi connectivity index (χ1) is 11.4. The standard InChI is InChI=1S/C21H34O4/c1-10(2)20(7,9-19(4,5)6)18(23)25-16-15-14-12(17(22)24-15)8-13-11(3)21(13,14)16/h10-17,22H,8-9H2,1-7H3/t11-,12?,13?,14?,15?,16?,17-,20?,21?/m0/s1. The smallest absolute Gasteiger partial charge is 0.312 e. The predicted molar refractivity (Wildman–Crippen MR) is 94.5 cm³/mol. The lowest BCUT2D eigenvalue weighted by Crippen LogP contribution is -2.60. The van der Waals surface area contributed by atoms with Gasteiger partial charge in [-0.3, -0.25) is 4.79 Å². The van der Waals surface area contributed by atoms with Gasteiger partial charge in [0.15, 0.2) is 6.29 Å². The summed E-state index contributed by atoms with van der Waals surface area (Å²) in [7, 11) is 0. The normalized spacial score (nSPS) is 49.2. The molecule has 7 unspecified atom stereocenters. The van der Waals surface area contributed by atoms with Crippen LogP contribution in [0.4, 0.5) is 0 Å². The summed E-state index contributed by atoms with van der Waals surface area (Å²) in [5, 5.41) is 10.2. The van der Waals surface area contributed by atoms with Crippen molar-refractivity contribution in [3.8, 4) is 0 Å². The summed E-state index contributed by atoms with van der Waals surface area (Å²) in [5.41, 5.74) is -0.336. The monoisotopic (exact) mass is 350 g/mol. The van der Waals surface area contributed by atoms with Crippen molar-refractivity contribution in [3.63, 3.8) is 0 Å². The molecular weight excluding hydrogens is 316 g/mol. The number of hydrogen-bond acceptors (Lipinski definition) is 4. The van der Waals surface area contributed by atoms with E-state index in [0.29, 0.717) is 17.8 Å². The Hall–Kier alpha value is -0.610. The molecule has 1 N–H and O–H groups in total. The van der Waals surface area contributed by atoms with E-state index in [1.807, 2.05) is 0 Å². The van der Waals surface area contributed by atoms with E-state index in [9.17, 15) is 9.90 Å². The molecule has 0 aromatic heterocycles. The zero-order valence-electron chi connectivity index (χ0n) is 16.7. The van der Waals surface area contributed by atoms with Crippen molar-refractivity contribution in [2.45, 2.75) is 79.8 Å². The molecule has 142 valence electrons. The Morgan fingerprint density at radius 1 is 1.32 bits per heavy atom. The van der Waals surface area contributed by atoms with Crippen molar-refractivity contribution < 1.29 is 19.4 Å². The van der Waals surface area contributed by atoms with E-state index in [2.05, 4.69) is 48.5 Å². The molecule has 1 saturated heterocycles. The molecule has 1 heterocycles. The molecule has 3 aliphatic carbocycles. The summed E-state index contributed by atoms with van der Waals surface area (Å²) >= 11 is 0. The van der Waals surface area contributed by atoms with Gasteiger partial charge < -0.3 is 14.6 Å². The lowest BCUT2D eigenvalue weighted by molar-refractivity contribution is -0.223. The van der Waals surface area contributed by atoms with Gasteiger partial charge in [0, 0.05) is 17.3 Å². The van der Waals surface area contributed by atoms with Crippen molar-refractivity contribution >= 4 is 5.97 Å². The van der Waals surface area contributed by atoms with Gasteiger partial charge in [0.2, 0.25) is 0 Å². The summed E-state index contributed by atoms with van der Waals surface area (Å²) in [6, 6.07) is 0. The van der Waals surface area contributed by atoms with Crippen LogP contribution in [0.25, 0.3) is 0 Å². The van der Waals surface area contributed by atoms with Crippen molar-refractivity contribution in [2.24, 2.45) is 45.8 Å². The quantitative estimate of drug-likeness (QED) is 0.787. The van der Waals surface area contributed by atoms with Crippen molar-refractivity contribution in [2.75, 3.05) is 0 Å². The zero-order chi connectivity index (χ0) is 18.5. The van der Waals surface area contributed by atoms with Crippen molar-refractivity contribution in [1.29, 1.82) is 0 Å². The Bertz CT molecular complexity index is 593. The van der Waals surface area contributed by atoms with Crippen molar-refractivity contribution in [1.82, 2.24) is 0 Å². The maximum Gasteiger partial charge on any atom is 0.312 e. The second kappa shape index (κ2) is 5.01. The molecule has 4 aliphatic rings. The molecule has 4 fully saturated rings. The van der Waals surface area contributed by atoms with Crippen LogP contribution in [-0.2, 0) is 14.3 Å². The van der Waals surface area contributed by atoms with Gasteiger partial charge in [0.25, 0.3) is 0 Å². The molecule has 0 radical (unpaired) electrons. The molecule has 3 saturated carbocycles. The first kappa shape index (κ1) is 17.8. The van der Waals surface area contributed by atoms with Crippen LogP contribution in [0.2, 0.25) is 0 Å². The van der Waals surface area contributed by atoms with Gasteiger partial charge in [-0.05, 0) is 42.9 Å². The second-order valence-corrected chi connectivity index (χ2v) is 10.9. The van der Waals surface area contributed by atoms with Gasteiger partial charge in [-0.15, -0.1) is 0 Å². The predicted octanol–water partition coefficient (Wildman–Crippen LogP) is 3.62. The summed E-state index contributed by atoms with van der Waals surface area (Å²) in [6.07, 6.45) is 0.910. The van der Waals surface area contributed by atoms with Crippen LogP contribution in [-0.4, -0.2) is 29.6 Å². The first-order valence-electron chi connectivity index (χ1n) is 9.99. The number of rotatable bonds is 4. The van der Waals surface area contributed by atoms with E-state index in [0.717, 1.165) is 12.8 Å². The van der Waals surface area contributed by atoms with E-state index < -0.39 is 11.7 Å². The van der Waals surface area contributed by atoms with Crippen molar-refractivity contribution in [3.05, 3.63) is 0 Å². The summed E-state index contributed by atoms with van der Waals surface area (Å²) < 4.78 is 12.0. The lowest BCUT2D eigenvalue weighted by Gasteiger charge is -2.49. The highest BCUT2D eigenvalue weighted by Crippen LogP contribution is 2.84. The maximum absolute atomic E-state index is 13.3. The Balaban J connectivity index is 1.55. The van der Waals surface area contributed by atoms with E-state index >= 15 is 0 Å². The van der Waals surface area contributed by atoms with Crippen LogP contribution in [0.15, 0.2) is 0 Å². The highest BCUT2D eigenvalue weighted by atomic mass is 16.6. The van der Waals surface area contributed by atoms with Crippen LogP contribution in [0.5, 0.6) is 0 Å². The SMILES string of the molecule is CC(C)C(C)(CC(C)(C)C)C(=O)OC1C2O[C@H](O)C3CC4[C@H](C)C14C23. The molecule has 1 spiro atoms. The fourth-order valence-corrected chi connectivity index (χ4v) is 6.76. The minimum atomic E-state index is -0.665. The first-order valence-corrected chi connectivity index (χ1v) is 9.99. The number of hydrogen-bond donors (Lipinski definition) is 1. The van der Waals surface area contributed by atoms with Crippen LogP contribution in [0.1, 0.15) is 61.3 Å². The average Bonchev–Trinajstić information content (AvgIpc) is 2.81. The number of aliphatic hydroxyl groups is 1. The highest BCUT2D eigenvalue weighted by Gasteiger charge is 2.88. The Kier molecular flexibility index (Phi) is 3.56.